The fourth-order valence-corrected chi connectivity index (χ4v) is 3.09. The lowest BCUT2D eigenvalue weighted by Gasteiger charge is -2.20. The molecule has 2 N–H and O–H groups in total. The van der Waals surface area contributed by atoms with E-state index in [-0.39, 0.29) is 5.91 Å². The monoisotopic (exact) mass is 293 g/mol. The van der Waals surface area contributed by atoms with Crippen LogP contribution in [0, 0.1) is 0 Å². The van der Waals surface area contributed by atoms with Crippen LogP contribution < -0.4 is 10.6 Å². The number of nitrogens with one attached hydrogen (secondary N) is 2. The molecular weight excluding hydrogens is 270 g/mol. The molecule has 0 saturated carbocycles. The van der Waals surface area contributed by atoms with Gasteiger partial charge in [0.15, 0.2) is 0 Å². The molecule has 1 aliphatic heterocycles. The summed E-state index contributed by atoms with van der Waals surface area (Å²) >= 11 is 1.64. The summed E-state index contributed by atoms with van der Waals surface area (Å²) in [5, 5.41) is 6.45. The molecule has 0 radical (unpaired) electrons. The lowest BCUT2D eigenvalue weighted by atomic mass is 10.2. The van der Waals surface area contributed by atoms with Crippen LogP contribution in [0.2, 0.25) is 0 Å². The molecule has 1 fully saturated rings. The van der Waals surface area contributed by atoms with Gasteiger partial charge in [-0.1, -0.05) is 12.1 Å². The van der Waals surface area contributed by atoms with E-state index in [1.165, 1.54) is 12.8 Å². The second kappa shape index (κ2) is 7.67. The number of likely N-dealkylation sites (N-methyl/N-ethyl adjacent to an activating group) is 1. The van der Waals surface area contributed by atoms with Crippen LogP contribution in [0.5, 0.6) is 0 Å². The Hall–Kier alpha value is -1.04. The largest absolute Gasteiger partial charge is 0.324 e. The molecule has 1 aromatic rings. The van der Waals surface area contributed by atoms with Gasteiger partial charge >= 0.3 is 0 Å². The predicted molar refractivity (Wildman–Crippen MR) is 85.4 cm³/mol. The standard InChI is InChI=1S/C15H23N3OS/c1-18(10-12-6-5-9-16-12)11-15(19)17-13-7-3-4-8-14(13)20-2/h3-4,7-8,12,16H,5-6,9-11H2,1-2H3,(H,17,19). The van der Waals surface area contributed by atoms with Crippen molar-refractivity contribution in [3.05, 3.63) is 24.3 Å². The average Bonchev–Trinajstić information content (AvgIpc) is 2.91. The minimum Gasteiger partial charge on any atom is -0.324 e. The fourth-order valence-electron chi connectivity index (χ4n) is 2.54. The third kappa shape index (κ3) is 4.51. The first-order valence-corrected chi connectivity index (χ1v) is 8.26. The van der Waals surface area contributed by atoms with Gasteiger partial charge in [-0.3, -0.25) is 9.69 Å². The van der Waals surface area contributed by atoms with Crippen molar-refractivity contribution < 1.29 is 4.79 Å². The Morgan fingerprint density at radius 3 is 3.00 bits per heavy atom. The fraction of sp³-hybridized carbons (Fsp3) is 0.533. The number of nitrogens with zero attached hydrogens (tertiary/aromatic N) is 1. The van der Waals surface area contributed by atoms with Crippen molar-refractivity contribution in [3.8, 4) is 0 Å². The molecule has 4 nitrogen and oxygen atoms in total. The van der Waals surface area contributed by atoms with E-state index in [1.54, 1.807) is 11.8 Å². The Bertz CT molecular complexity index is 446. The highest BCUT2D eigenvalue weighted by Gasteiger charge is 2.17. The van der Waals surface area contributed by atoms with Crippen LogP contribution in [-0.2, 0) is 4.79 Å². The van der Waals surface area contributed by atoms with E-state index in [0.29, 0.717) is 12.6 Å². The molecule has 0 bridgehead atoms. The third-order valence-electron chi connectivity index (χ3n) is 3.49. The third-order valence-corrected chi connectivity index (χ3v) is 4.28. The molecule has 1 aliphatic rings. The van der Waals surface area contributed by atoms with Crippen LogP contribution in [0.4, 0.5) is 5.69 Å². The topological polar surface area (TPSA) is 44.4 Å². The van der Waals surface area contributed by atoms with Gasteiger partial charge < -0.3 is 10.6 Å². The Kier molecular flexibility index (Phi) is 5.88. The average molecular weight is 293 g/mol. The smallest absolute Gasteiger partial charge is 0.238 e. The van der Waals surface area contributed by atoms with Crippen LogP contribution in [0.15, 0.2) is 29.2 Å². The first kappa shape index (κ1) is 15.4. The lowest BCUT2D eigenvalue weighted by molar-refractivity contribution is -0.117. The number of thioether (sulfide) groups is 1. The summed E-state index contributed by atoms with van der Waals surface area (Å²) in [5.41, 5.74) is 0.900. The van der Waals surface area contributed by atoms with Crippen molar-refractivity contribution in [2.75, 3.05) is 38.3 Å². The maximum Gasteiger partial charge on any atom is 0.238 e. The van der Waals surface area contributed by atoms with Crippen molar-refractivity contribution in [3.63, 3.8) is 0 Å². The molecule has 1 heterocycles. The molecule has 2 rings (SSSR count). The van der Waals surface area contributed by atoms with E-state index in [4.69, 9.17) is 0 Å². The zero-order valence-corrected chi connectivity index (χ0v) is 13.0. The quantitative estimate of drug-likeness (QED) is 0.788. The zero-order chi connectivity index (χ0) is 14.4. The molecule has 1 atom stereocenters. The predicted octanol–water partition coefficient (Wildman–Crippen LogP) is 2.03. The van der Waals surface area contributed by atoms with Gasteiger partial charge in [0.2, 0.25) is 5.91 Å². The molecule has 0 aliphatic carbocycles. The van der Waals surface area contributed by atoms with Crippen molar-refractivity contribution in [2.45, 2.75) is 23.8 Å². The first-order chi connectivity index (χ1) is 9.69. The number of carbonyl (C=O) groups excluding carboxylic acids is 1. The minimum absolute atomic E-state index is 0.0481. The highest BCUT2D eigenvalue weighted by atomic mass is 32.2. The maximum absolute atomic E-state index is 12.1. The Balaban J connectivity index is 1.82. The highest BCUT2D eigenvalue weighted by Crippen LogP contribution is 2.24. The second-order valence-electron chi connectivity index (χ2n) is 5.24. The Morgan fingerprint density at radius 2 is 2.30 bits per heavy atom. The molecule has 110 valence electrons. The summed E-state index contributed by atoms with van der Waals surface area (Å²) in [6, 6.07) is 8.43. The number of hydrogen-bond donors (Lipinski definition) is 2. The van der Waals surface area contributed by atoms with Crippen molar-refractivity contribution in [1.82, 2.24) is 10.2 Å². The van der Waals surface area contributed by atoms with E-state index in [0.717, 1.165) is 23.7 Å². The van der Waals surface area contributed by atoms with Crippen molar-refractivity contribution >= 4 is 23.4 Å². The summed E-state index contributed by atoms with van der Waals surface area (Å²) in [5.74, 6) is 0.0481. The van der Waals surface area contributed by atoms with Gasteiger partial charge in [-0.2, -0.15) is 0 Å². The summed E-state index contributed by atoms with van der Waals surface area (Å²) in [6.45, 7) is 2.46. The number of benzene rings is 1. The Morgan fingerprint density at radius 1 is 1.50 bits per heavy atom. The summed E-state index contributed by atoms with van der Waals surface area (Å²) in [4.78, 5) is 15.3. The van der Waals surface area contributed by atoms with Gasteiger partial charge in [-0.05, 0) is 44.8 Å². The number of amides is 1. The number of hydrogen-bond acceptors (Lipinski definition) is 4. The van der Waals surface area contributed by atoms with E-state index in [2.05, 4.69) is 15.5 Å². The van der Waals surface area contributed by atoms with Gasteiger partial charge in [-0.25, -0.2) is 0 Å². The van der Waals surface area contributed by atoms with Crippen LogP contribution in [0.25, 0.3) is 0 Å². The van der Waals surface area contributed by atoms with Crippen LogP contribution in [0.3, 0.4) is 0 Å². The molecule has 0 aromatic heterocycles. The molecule has 0 spiro atoms. The zero-order valence-electron chi connectivity index (χ0n) is 12.2. The highest BCUT2D eigenvalue weighted by molar-refractivity contribution is 7.98. The summed E-state index contributed by atoms with van der Waals surface area (Å²) in [6.07, 6.45) is 4.47. The van der Waals surface area contributed by atoms with E-state index in [1.807, 2.05) is 37.6 Å². The maximum atomic E-state index is 12.1. The SMILES string of the molecule is CSc1ccccc1NC(=O)CN(C)CC1CCCN1. The van der Waals surface area contributed by atoms with E-state index in [9.17, 15) is 4.79 Å². The van der Waals surface area contributed by atoms with Crippen LogP contribution in [-0.4, -0.2) is 49.8 Å². The van der Waals surface area contributed by atoms with Crippen LogP contribution >= 0.6 is 11.8 Å². The molecule has 20 heavy (non-hydrogen) atoms. The second-order valence-corrected chi connectivity index (χ2v) is 6.09. The van der Waals surface area contributed by atoms with Gasteiger partial charge in [0, 0.05) is 17.5 Å². The molecule has 1 unspecified atom stereocenters. The summed E-state index contributed by atoms with van der Waals surface area (Å²) in [7, 11) is 2.00. The molecule has 1 amide bonds. The molecular formula is C15H23N3OS. The lowest BCUT2D eigenvalue weighted by Crippen LogP contribution is -2.39. The minimum atomic E-state index is 0.0481. The van der Waals surface area contributed by atoms with Gasteiger partial charge in [0.25, 0.3) is 0 Å². The van der Waals surface area contributed by atoms with E-state index >= 15 is 0 Å². The van der Waals surface area contributed by atoms with Gasteiger partial charge in [0.1, 0.15) is 0 Å². The van der Waals surface area contributed by atoms with Crippen molar-refractivity contribution in [2.24, 2.45) is 0 Å². The van der Waals surface area contributed by atoms with E-state index < -0.39 is 0 Å². The first-order valence-electron chi connectivity index (χ1n) is 7.04. The Labute approximate surface area is 125 Å². The number of anilines is 1. The molecule has 1 aromatic carbocycles. The number of rotatable bonds is 6. The number of carbonyl (C=O) groups is 1. The van der Waals surface area contributed by atoms with Gasteiger partial charge in [-0.15, -0.1) is 11.8 Å². The summed E-state index contributed by atoms with van der Waals surface area (Å²) < 4.78 is 0. The molecule has 1 saturated heterocycles. The van der Waals surface area contributed by atoms with Crippen molar-refractivity contribution in [1.29, 1.82) is 0 Å². The normalized spacial score (nSPS) is 18.4. The van der Waals surface area contributed by atoms with Gasteiger partial charge in [0.05, 0.1) is 12.2 Å². The molecule has 5 heteroatoms. The number of para-hydroxylation sites is 1. The van der Waals surface area contributed by atoms with Crippen LogP contribution in [0.1, 0.15) is 12.8 Å².